The monoisotopic (exact) mass is 283 g/mol. The van der Waals surface area contributed by atoms with Crippen molar-refractivity contribution in [3.63, 3.8) is 0 Å². The average molecular weight is 283 g/mol. The van der Waals surface area contributed by atoms with Gasteiger partial charge in [0.1, 0.15) is 0 Å². The second kappa shape index (κ2) is 6.29. The summed E-state index contributed by atoms with van der Waals surface area (Å²) in [6.45, 7) is 3.39. The smallest absolute Gasteiger partial charge is 0.334 e. The number of morpholine rings is 1. The number of nitrogens with zero attached hydrogens (tertiary/aromatic N) is 5. The van der Waals surface area contributed by atoms with Gasteiger partial charge in [-0.15, -0.1) is 9.97 Å². The number of ether oxygens (including phenoxy) is 1. The minimum absolute atomic E-state index is 0.0400. The lowest BCUT2D eigenvalue weighted by atomic mass is 10.4. The number of aliphatic hydroxyl groups excluding tert-OH is 1. The molecule has 8 nitrogen and oxygen atoms in total. The van der Waals surface area contributed by atoms with E-state index >= 15 is 0 Å². The van der Waals surface area contributed by atoms with Crippen molar-refractivity contribution in [1.29, 1.82) is 0 Å². The van der Waals surface area contributed by atoms with E-state index in [1.807, 2.05) is 21.1 Å². The molecule has 1 aliphatic heterocycles. The molecule has 0 amide bonds. The van der Waals surface area contributed by atoms with Gasteiger partial charge in [0.15, 0.2) is 0 Å². The first-order valence-electron chi connectivity index (χ1n) is 6.76. The first kappa shape index (κ1) is 14.9. The van der Waals surface area contributed by atoms with E-state index in [2.05, 4.69) is 25.2 Å². The highest BCUT2D eigenvalue weighted by molar-refractivity contribution is 5.43. The van der Waals surface area contributed by atoms with Gasteiger partial charge in [0.25, 0.3) is 0 Å². The van der Waals surface area contributed by atoms with E-state index < -0.39 is 0 Å². The Balaban J connectivity index is 2.29. The quantitative estimate of drug-likeness (QED) is 0.692. The molecule has 20 heavy (non-hydrogen) atoms. The zero-order chi connectivity index (χ0) is 14.6. The van der Waals surface area contributed by atoms with Crippen molar-refractivity contribution < 1.29 is 9.84 Å². The van der Waals surface area contributed by atoms with Gasteiger partial charge in [-0.2, -0.15) is 4.98 Å². The molecule has 0 aliphatic carbocycles. The van der Waals surface area contributed by atoms with E-state index in [0.717, 1.165) is 13.1 Å². The molecular formula is C12H23N6O2+. The van der Waals surface area contributed by atoms with Gasteiger partial charge in [-0.3, -0.25) is 4.48 Å². The number of aliphatic hydroxyl groups is 1. The highest BCUT2D eigenvalue weighted by Crippen LogP contribution is 2.18. The van der Waals surface area contributed by atoms with Crippen LogP contribution in [-0.4, -0.2) is 80.7 Å². The molecule has 1 saturated heterocycles. The minimum atomic E-state index is 0.0400. The summed E-state index contributed by atoms with van der Waals surface area (Å²) in [5.74, 6) is 1.84. The first-order chi connectivity index (χ1) is 9.50. The molecule has 2 rings (SSSR count). The minimum Gasteiger partial charge on any atom is -0.395 e. The molecule has 0 radical (unpaired) electrons. The van der Waals surface area contributed by atoms with Gasteiger partial charge in [0, 0.05) is 19.6 Å². The molecule has 2 N–H and O–H groups in total. The van der Waals surface area contributed by atoms with E-state index in [9.17, 15) is 0 Å². The highest BCUT2D eigenvalue weighted by Gasteiger charge is 2.23. The molecule has 8 heteroatoms. The third-order valence-electron chi connectivity index (χ3n) is 2.90. The zero-order valence-electron chi connectivity index (χ0n) is 12.3. The van der Waals surface area contributed by atoms with Crippen LogP contribution in [0.4, 0.5) is 17.8 Å². The Morgan fingerprint density at radius 1 is 1.20 bits per heavy atom. The lowest BCUT2D eigenvalue weighted by Crippen LogP contribution is -2.40. The summed E-state index contributed by atoms with van der Waals surface area (Å²) in [4.78, 5) is 15.5. The largest absolute Gasteiger partial charge is 0.395 e. The third-order valence-corrected chi connectivity index (χ3v) is 2.90. The van der Waals surface area contributed by atoms with Gasteiger partial charge in [-0.05, 0) is 0 Å². The molecule has 0 spiro atoms. The number of aromatic nitrogens is 3. The lowest BCUT2D eigenvalue weighted by Gasteiger charge is -2.28. The van der Waals surface area contributed by atoms with Crippen LogP contribution in [0.25, 0.3) is 0 Å². The summed E-state index contributed by atoms with van der Waals surface area (Å²) in [5.41, 5.74) is 0. The number of hydrogen-bond acceptors (Lipinski definition) is 7. The van der Waals surface area contributed by atoms with Crippen molar-refractivity contribution in [3.8, 4) is 0 Å². The number of nitrogens with one attached hydrogen (secondary N) is 1. The van der Waals surface area contributed by atoms with Crippen LogP contribution < -0.4 is 14.7 Å². The van der Waals surface area contributed by atoms with Gasteiger partial charge < -0.3 is 20.1 Å². The number of quaternary nitrogens is 1. The summed E-state index contributed by atoms with van der Waals surface area (Å²) >= 11 is 0. The maximum Gasteiger partial charge on any atom is 0.334 e. The van der Waals surface area contributed by atoms with Crippen LogP contribution in [-0.2, 0) is 4.74 Å². The summed E-state index contributed by atoms with van der Waals surface area (Å²) < 4.78 is 5.86. The molecule has 2 heterocycles. The molecule has 0 atom stereocenters. The molecular weight excluding hydrogens is 260 g/mol. The van der Waals surface area contributed by atoms with Crippen molar-refractivity contribution in [2.45, 2.75) is 0 Å². The number of rotatable bonds is 5. The van der Waals surface area contributed by atoms with Gasteiger partial charge in [0.2, 0.25) is 11.9 Å². The normalized spacial score (nSPS) is 16.3. The van der Waals surface area contributed by atoms with Crippen molar-refractivity contribution in [1.82, 2.24) is 19.4 Å². The standard InChI is InChI=1S/C12H23N6O2/c1-18(2,3)12-15-10(13-4-7-19)14-11(16-12)17-5-8-20-9-6-17/h19H,4-9H2,1-3H3,(H,13,14,15,16)/q+1. The predicted octanol–water partition coefficient (Wildman–Crippen LogP) is -0.691. The van der Waals surface area contributed by atoms with E-state index in [1.165, 1.54) is 0 Å². The Labute approximate surface area is 119 Å². The fourth-order valence-electron chi connectivity index (χ4n) is 1.81. The van der Waals surface area contributed by atoms with E-state index in [0.29, 0.717) is 42.1 Å². The van der Waals surface area contributed by atoms with Crippen LogP contribution in [0.1, 0.15) is 0 Å². The molecule has 1 fully saturated rings. The first-order valence-corrected chi connectivity index (χ1v) is 6.76. The Bertz CT molecular complexity index is 442. The SMILES string of the molecule is C[N+](C)(C)c1nc(NCCO)nc(N2CCOCC2)n1. The van der Waals surface area contributed by atoms with E-state index in [4.69, 9.17) is 9.84 Å². The van der Waals surface area contributed by atoms with Crippen molar-refractivity contribution in [2.75, 3.05) is 70.8 Å². The number of hydrogen-bond donors (Lipinski definition) is 2. The molecule has 0 bridgehead atoms. The summed E-state index contributed by atoms with van der Waals surface area (Å²) in [5, 5.41) is 11.9. The second-order valence-electron chi connectivity index (χ2n) is 5.52. The van der Waals surface area contributed by atoms with Gasteiger partial charge in [-0.25, -0.2) is 0 Å². The van der Waals surface area contributed by atoms with Gasteiger partial charge in [-0.1, -0.05) is 0 Å². The fraction of sp³-hybridized carbons (Fsp3) is 0.750. The van der Waals surface area contributed by atoms with Crippen LogP contribution >= 0.6 is 0 Å². The summed E-state index contributed by atoms with van der Waals surface area (Å²) in [6, 6.07) is 0. The van der Waals surface area contributed by atoms with Gasteiger partial charge >= 0.3 is 5.95 Å². The topological polar surface area (TPSA) is 83.4 Å². The lowest BCUT2D eigenvalue weighted by molar-refractivity contribution is 0.122. The van der Waals surface area contributed by atoms with E-state index in [1.54, 1.807) is 0 Å². The molecule has 0 aromatic carbocycles. The number of anilines is 2. The van der Waals surface area contributed by atoms with Crippen LogP contribution in [0, 0.1) is 0 Å². The van der Waals surface area contributed by atoms with Gasteiger partial charge in [0.05, 0.1) is 41.0 Å². The Morgan fingerprint density at radius 3 is 2.50 bits per heavy atom. The fourth-order valence-corrected chi connectivity index (χ4v) is 1.81. The van der Waals surface area contributed by atoms with Crippen LogP contribution in [0.15, 0.2) is 0 Å². The Morgan fingerprint density at radius 2 is 1.90 bits per heavy atom. The zero-order valence-corrected chi connectivity index (χ0v) is 12.3. The summed E-state index contributed by atoms with van der Waals surface area (Å²) in [6.07, 6.45) is 0. The molecule has 1 aromatic rings. The van der Waals surface area contributed by atoms with Crippen LogP contribution in [0.3, 0.4) is 0 Å². The highest BCUT2D eigenvalue weighted by atomic mass is 16.5. The Kier molecular flexibility index (Phi) is 4.69. The maximum absolute atomic E-state index is 8.91. The maximum atomic E-state index is 8.91. The molecule has 1 aliphatic rings. The average Bonchev–Trinajstić information content (AvgIpc) is 2.45. The van der Waals surface area contributed by atoms with E-state index in [-0.39, 0.29) is 6.61 Å². The van der Waals surface area contributed by atoms with Crippen molar-refractivity contribution in [3.05, 3.63) is 0 Å². The van der Waals surface area contributed by atoms with Crippen molar-refractivity contribution in [2.24, 2.45) is 0 Å². The predicted molar refractivity (Wildman–Crippen MR) is 78.0 cm³/mol. The van der Waals surface area contributed by atoms with Crippen LogP contribution in [0.2, 0.25) is 0 Å². The van der Waals surface area contributed by atoms with Crippen molar-refractivity contribution >= 4 is 17.8 Å². The molecule has 0 saturated carbocycles. The molecule has 1 aromatic heterocycles. The Hall–Kier alpha value is -1.51. The third kappa shape index (κ3) is 3.75. The van der Waals surface area contributed by atoms with Crippen LogP contribution in [0.5, 0.6) is 0 Å². The molecule has 0 unspecified atom stereocenters. The summed E-state index contributed by atoms with van der Waals surface area (Å²) in [7, 11) is 6.02. The second-order valence-corrected chi connectivity index (χ2v) is 5.52. The molecule has 112 valence electrons.